The van der Waals surface area contributed by atoms with Crippen LogP contribution in [0.1, 0.15) is 16.2 Å². The van der Waals surface area contributed by atoms with Gasteiger partial charge in [0.2, 0.25) is 0 Å². The summed E-state index contributed by atoms with van der Waals surface area (Å²) >= 11 is 0. The van der Waals surface area contributed by atoms with E-state index in [1.165, 1.54) is 17.0 Å². The van der Waals surface area contributed by atoms with Gasteiger partial charge in [-0.3, -0.25) is 4.79 Å². The van der Waals surface area contributed by atoms with Crippen LogP contribution in [0.2, 0.25) is 0 Å². The lowest BCUT2D eigenvalue weighted by atomic mass is 10.3. The second-order valence-corrected chi connectivity index (χ2v) is 4.74. The monoisotopic (exact) mass is 313 g/mol. The smallest absolute Gasteiger partial charge is 0.272 e. The highest BCUT2D eigenvalue weighted by molar-refractivity contribution is 5.93. The molecule has 8 heteroatoms. The Hall–Kier alpha value is -3.29. The summed E-state index contributed by atoms with van der Waals surface area (Å²) in [4.78, 5) is 12.1. The predicted molar refractivity (Wildman–Crippen MR) is 82.2 cm³/mol. The quantitative estimate of drug-likeness (QED) is 0.736. The van der Waals surface area contributed by atoms with E-state index in [2.05, 4.69) is 15.6 Å². The van der Waals surface area contributed by atoms with E-state index in [1.54, 1.807) is 37.4 Å². The number of aromatic nitrogens is 3. The molecule has 0 saturated heterocycles. The highest BCUT2D eigenvalue weighted by atomic mass is 16.5. The SMILES string of the molecule is COc1ccc(-n2nc(C(=O)NCc3ccon3)cc2N)cc1. The lowest BCUT2D eigenvalue weighted by Crippen LogP contribution is -2.23. The molecule has 118 valence electrons. The first-order valence-electron chi connectivity index (χ1n) is 6.85. The maximum Gasteiger partial charge on any atom is 0.272 e. The fraction of sp³-hybridized carbons (Fsp3) is 0.133. The third kappa shape index (κ3) is 3.15. The average molecular weight is 313 g/mol. The Labute approximate surface area is 131 Å². The van der Waals surface area contributed by atoms with Crippen molar-refractivity contribution < 1.29 is 14.1 Å². The number of methoxy groups -OCH3 is 1. The third-order valence-electron chi connectivity index (χ3n) is 3.21. The standard InChI is InChI=1S/C15H15N5O3/c1-22-12-4-2-11(3-5-12)20-14(16)8-13(18-20)15(21)17-9-10-6-7-23-19-10/h2-8H,9,16H2,1H3,(H,17,21). The minimum absolute atomic E-state index is 0.224. The molecule has 23 heavy (non-hydrogen) atoms. The van der Waals surface area contributed by atoms with Crippen LogP contribution in [0.15, 0.2) is 47.2 Å². The number of hydrogen-bond acceptors (Lipinski definition) is 6. The number of amides is 1. The van der Waals surface area contributed by atoms with Gasteiger partial charge in [-0.15, -0.1) is 0 Å². The number of rotatable bonds is 5. The molecule has 0 aliphatic carbocycles. The van der Waals surface area contributed by atoms with Crippen molar-refractivity contribution in [1.29, 1.82) is 0 Å². The molecule has 0 aliphatic rings. The largest absolute Gasteiger partial charge is 0.497 e. The summed E-state index contributed by atoms with van der Waals surface area (Å²) in [5, 5.41) is 10.6. The van der Waals surface area contributed by atoms with Crippen LogP contribution in [0.3, 0.4) is 0 Å². The van der Waals surface area contributed by atoms with Crippen molar-refractivity contribution in [1.82, 2.24) is 20.3 Å². The summed E-state index contributed by atoms with van der Waals surface area (Å²) in [6.07, 6.45) is 1.44. The van der Waals surface area contributed by atoms with Gasteiger partial charge in [0.15, 0.2) is 5.69 Å². The summed E-state index contributed by atoms with van der Waals surface area (Å²) in [5.41, 5.74) is 7.52. The maximum atomic E-state index is 12.1. The zero-order valence-electron chi connectivity index (χ0n) is 12.4. The normalized spacial score (nSPS) is 10.5. The van der Waals surface area contributed by atoms with Gasteiger partial charge in [-0.05, 0) is 24.3 Å². The Morgan fingerprint density at radius 2 is 2.13 bits per heavy atom. The van der Waals surface area contributed by atoms with E-state index in [9.17, 15) is 4.79 Å². The molecule has 0 fully saturated rings. The molecule has 2 aromatic heterocycles. The van der Waals surface area contributed by atoms with Crippen LogP contribution in [-0.4, -0.2) is 28.0 Å². The van der Waals surface area contributed by atoms with Gasteiger partial charge < -0.3 is 20.3 Å². The first kappa shape index (κ1) is 14.6. The summed E-state index contributed by atoms with van der Waals surface area (Å²) in [6.45, 7) is 0.255. The number of ether oxygens (including phenoxy) is 1. The average Bonchev–Trinajstić information content (AvgIpc) is 3.22. The number of nitrogens with one attached hydrogen (secondary N) is 1. The Morgan fingerprint density at radius 3 is 2.78 bits per heavy atom. The summed E-state index contributed by atoms with van der Waals surface area (Å²) < 4.78 is 11.3. The van der Waals surface area contributed by atoms with Crippen LogP contribution >= 0.6 is 0 Å². The van der Waals surface area contributed by atoms with E-state index in [0.717, 1.165) is 11.4 Å². The molecule has 0 bridgehead atoms. The summed E-state index contributed by atoms with van der Waals surface area (Å²) in [6, 6.07) is 10.4. The molecule has 3 aromatic rings. The van der Waals surface area contributed by atoms with Crippen molar-refractivity contribution >= 4 is 11.7 Å². The lowest BCUT2D eigenvalue weighted by molar-refractivity contribution is 0.0944. The van der Waals surface area contributed by atoms with Crippen LogP contribution in [0.25, 0.3) is 5.69 Å². The van der Waals surface area contributed by atoms with Gasteiger partial charge in [0.05, 0.1) is 19.3 Å². The van der Waals surface area contributed by atoms with Crippen LogP contribution in [0.5, 0.6) is 5.75 Å². The fourth-order valence-electron chi connectivity index (χ4n) is 2.03. The molecule has 3 N–H and O–H groups in total. The third-order valence-corrected chi connectivity index (χ3v) is 3.21. The van der Waals surface area contributed by atoms with Crippen LogP contribution in [0.4, 0.5) is 5.82 Å². The van der Waals surface area contributed by atoms with Crippen LogP contribution in [0, 0.1) is 0 Å². The van der Waals surface area contributed by atoms with E-state index in [-0.39, 0.29) is 18.1 Å². The molecule has 0 saturated carbocycles. The van der Waals surface area contributed by atoms with Gasteiger partial charge in [0.1, 0.15) is 23.5 Å². The molecule has 2 heterocycles. The van der Waals surface area contributed by atoms with Gasteiger partial charge in [0.25, 0.3) is 5.91 Å². The highest BCUT2D eigenvalue weighted by Crippen LogP contribution is 2.18. The lowest BCUT2D eigenvalue weighted by Gasteiger charge is -2.05. The topological polar surface area (TPSA) is 108 Å². The summed E-state index contributed by atoms with van der Waals surface area (Å²) in [7, 11) is 1.59. The number of nitrogens with zero attached hydrogens (tertiary/aromatic N) is 3. The zero-order valence-corrected chi connectivity index (χ0v) is 12.4. The van der Waals surface area contributed by atoms with E-state index in [0.29, 0.717) is 11.5 Å². The molecule has 1 aromatic carbocycles. The molecule has 0 spiro atoms. The number of anilines is 1. The summed E-state index contributed by atoms with van der Waals surface area (Å²) in [5.74, 6) is 0.749. The number of benzene rings is 1. The van der Waals surface area contributed by atoms with Crippen molar-refractivity contribution in [3.63, 3.8) is 0 Å². The van der Waals surface area contributed by atoms with Crippen molar-refractivity contribution in [2.75, 3.05) is 12.8 Å². The van der Waals surface area contributed by atoms with E-state index in [4.69, 9.17) is 15.0 Å². The molecule has 0 aliphatic heterocycles. The molecule has 8 nitrogen and oxygen atoms in total. The van der Waals surface area contributed by atoms with Crippen molar-refractivity contribution in [3.05, 3.63) is 54.0 Å². The second-order valence-electron chi connectivity index (χ2n) is 4.74. The molecular formula is C15H15N5O3. The van der Waals surface area contributed by atoms with Gasteiger partial charge >= 0.3 is 0 Å². The molecule has 3 rings (SSSR count). The van der Waals surface area contributed by atoms with Crippen LogP contribution < -0.4 is 15.8 Å². The number of hydrogen-bond donors (Lipinski definition) is 2. The van der Waals surface area contributed by atoms with Crippen LogP contribution in [-0.2, 0) is 6.54 Å². The predicted octanol–water partition coefficient (Wildman–Crippen LogP) is 1.38. The van der Waals surface area contributed by atoms with Crippen molar-refractivity contribution in [2.24, 2.45) is 0 Å². The number of nitrogen functional groups attached to an aromatic ring is 1. The Balaban J connectivity index is 1.75. The molecule has 0 radical (unpaired) electrons. The zero-order chi connectivity index (χ0) is 16.2. The molecule has 0 atom stereocenters. The first-order chi connectivity index (χ1) is 11.2. The minimum Gasteiger partial charge on any atom is -0.497 e. The van der Waals surface area contributed by atoms with Crippen molar-refractivity contribution in [3.8, 4) is 11.4 Å². The Kier molecular flexibility index (Phi) is 3.96. The minimum atomic E-state index is -0.341. The van der Waals surface area contributed by atoms with E-state index >= 15 is 0 Å². The maximum absolute atomic E-state index is 12.1. The van der Waals surface area contributed by atoms with Gasteiger partial charge in [0, 0.05) is 12.1 Å². The highest BCUT2D eigenvalue weighted by Gasteiger charge is 2.14. The van der Waals surface area contributed by atoms with Gasteiger partial charge in [-0.2, -0.15) is 5.10 Å². The number of nitrogens with two attached hydrogens (primary N) is 1. The number of carbonyl (C=O) groups excluding carboxylic acids is 1. The van der Waals surface area contributed by atoms with Gasteiger partial charge in [-0.1, -0.05) is 5.16 Å². The molecular weight excluding hydrogens is 298 g/mol. The van der Waals surface area contributed by atoms with Crippen molar-refractivity contribution in [2.45, 2.75) is 6.54 Å². The van der Waals surface area contributed by atoms with E-state index in [1.807, 2.05) is 0 Å². The second kappa shape index (κ2) is 6.22. The van der Waals surface area contributed by atoms with E-state index < -0.39 is 0 Å². The molecule has 1 amide bonds. The fourth-order valence-corrected chi connectivity index (χ4v) is 2.03. The number of carbonyl (C=O) groups is 1. The molecule has 0 unspecified atom stereocenters. The van der Waals surface area contributed by atoms with Gasteiger partial charge in [-0.25, -0.2) is 4.68 Å². The Morgan fingerprint density at radius 1 is 1.35 bits per heavy atom. The Bertz CT molecular complexity index is 793. The first-order valence-corrected chi connectivity index (χ1v) is 6.85.